The van der Waals surface area contributed by atoms with Gasteiger partial charge in [-0.1, -0.05) is 64.2 Å². The Hall–Kier alpha value is -1.44. The highest BCUT2D eigenvalue weighted by Gasteiger charge is 2.37. The van der Waals surface area contributed by atoms with Crippen molar-refractivity contribution in [2.24, 2.45) is 10.8 Å². The Balaban J connectivity index is 2.51. The monoisotopic (exact) mass is 424 g/mol. The number of rotatable bonds is 7. The van der Waals surface area contributed by atoms with Crippen LogP contribution in [-0.4, -0.2) is 23.3 Å². The Morgan fingerprint density at radius 3 is 2.11 bits per heavy atom. The molecule has 7 heteroatoms. The summed E-state index contributed by atoms with van der Waals surface area (Å²) in [4.78, 5) is 26.4. The van der Waals surface area contributed by atoms with E-state index in [2.05, 4.69) is 0 Å². The highest BCUT2D eigenvalue weighted by Crippen LogP contribution is 2.29. The van der Waals surface area contributed by atoms with Crippen molar-refractivity contribution in [2.75, 3.05) is 6.61 Å². The van der Waals surface area contributed by atoms with E-state index >= 15 is 0 Å². The fourth-order valence-electron chi connectivity index (χ4n) is 2.61. The molecule has 0 unspecified atom stereocenters. The van der Waals surface area contributed by atoms with E-state index in [0.717, 1.165) is 20.6 Å². The van der Waals surface area contributed by atoms with E-state index in [1.807, 2.05) is 69.2 Å². The van der Waals surface area contributed by atoms with Gasteiger partial charge in [-0.25, -0.2) is 0 Å². The van der Waals surface area contributed by atoms with Gasteiger partial charge in [-0.3, -0.25) is 9.59 Å². The second kappa shape index (κ2) is 8.51. The van der Waals surface area contributed by atoms with E-state index in [0.29, 0.717) is 13.0 Å². The number of carbonyl (C=O) groups is 2. The van der Waals surface area contributed by atoms with Gasteiger partial charge in [0.2, 0.25) is 24.7 Å². The summed E-state index contributed by atoms with van der Waals surface area (Å²) in [7, 11) is 0. The minimum absolute atomic E-state index is 0.0704. The molecule has 1 N–H and O–H groups in total. The van der Waals surface area contributed by atoms with Gasteiger partial charge in [-0.15, -0.1) is 0 Å². The largest absolute Gasteiger partial charge is 0.396 e. The number of aliphatic hydroxyl groups is 1. The molecule has 0 aliphatic heterocycles. The minimum Gasteiger partial charge on any atom is -0.396 e. The summed E-state index contributed by atoms with van der Waals surface area (Å²) in [5.41, 5.74) is 0.176. The molecular weight excluding hydrogens is 392 g/mol. The van der Waals surface area contributed by atoms with Crippen molar-refractivity contribution < 1.29 is 23.8 Å². The molecule has 0 saturated carbocycles. The number of thiazole rings is 2. The molecule has 0 spiro atoms. The molecule has 2 aromatic heterocycles. The van der Waals surface area contributed by atoms with Crippen molar-refractivity contribution in [2.45, 2.75) is 68.0 Å². The van der Waals surface area contributed by atoms with Crippen LogP contribution >= 0.6 is 22.7 Å². The van der Waals surface area contributed by atoms with Crippen molar-refractivity contribution in [3.63, 3.8) is 0 Å². The van der Waals surface area contributed by atoms with E-state index in [-0.39, 0.29) is 24.7 Å². The lowest BCUT2D eigenvalue weighted by Gasteiger charge is -2.14. The van der Waals surface area contributed by atoms with Crippen LogP contribution in [-0.2, 0) is 29.1 Å². The van der Waals surface area contributed by atoms with Crippen molar-refractivity contribution in [1.29, 1.82) is 0 Å². The van der Waals surface area contributed by atoms with Crippen LogP contribution in [0.2, 0.25) is 0 Å². The van der Waals surface area contributed by atoms with Crippen LogP contribution < -0.4 is 9.13 Å². The maximum absolute atomic E-state index is 12.7. The zero-order valence-electron chi connectivity index (χ0n) is 18.0. The van der Waals surface area contributed by atoms with Crippen molar-refractivity contribution in [3.8, 4) is 10.0 Å². The average Bonchev–Trinajstić information content (AvgIpc) is 3.12. The lowest BCUT2D eigenvalue weighted by molar-refractivity contribution is -0.700. The molecule has 0 radical (unpaired) electrons. The molecule has 0 saturated heterocycles. The highest BCUT2D eigenvalue weighted by molar-refractivity contribution is 7.20. The average molecular weight is 425 g/mol. The van der Waals surface area contributed by atoms with Gasteiger partial charge < -0.3 is 5.11 Å². The molecule has 2 heterocycles. The number of hydrogen-bond acceptors (Lipinski definition) is 5. The second-order valence-electron chi connectivity index (χ2n) is 9.16. The molecule has 5 nitrogen and oxygen atoms in total. The molecule has 154 valence electrons. The van der Waals surface area contributed by atoms with E-state index in [1.165, 1.54) is 0 Å². The number of ketones is 2. The third-order valence-electron chi connectivity index (χ3n) is 4.77. The quantitative estimate of drug-likeness (QED) is 0.695. The number of aromatic nitrogens is 2. The first-order chi connectivity index (χ1) is 12.9. The fourth-order valence-corrected chi connectivity index (χ4v) is 4.88. The first-order valence-electron chi connectivity index (χ1n) is 9.53. The number of hydrogen-bond donors (Lipinski definition) is 1. The molecule has 0 aromatic carbocycles. The Kier molecular flexibility index (Phi) is 6.94. The fraction of sp³-hybridized carbons (Fsp3) is 0.619. The van der Waals surface area contributed by atoms with E-state index < -0.39 is 10.8 Å². The van der Waals surface area contributed by atoms with Crippen molar-refractivity contribution in [1.82, 2.24) is 0 Å². The number of carbonyl (C=O) groups excluding carboxylic acids is 2. The Morgan fingerprint density at radius 1 is 1.00 bits per heavy atom. The Bertz CT molecular complexity index is 867. The molecule has 2 rings (SSSR count). The summed E-state index contributed by atoms with van der Waals surface area (Å²) in [5.74, 6) is 0.322. The highest BCUT2D eigenvalue weighted by atomic mass is 32.1. The smallest absolute Gasteiger partial charge is 0.346 e. The Labute approximate surface area is 175 Å². The second-order valence-corrected chi connectivity index (χ2v) is 11.1. The molecule has 28 heavy (non-hydrogen) atoms. The summed E-state index contributed by atoms with van der Waals surface area (Å²) in [5, 5.41) is 13.3. The lowest BCUT2D eigenvalue weighted by atomic mass is 9.90. The summed E-state index contributed by atoms with van der Waals surface area (Å²) in [6.07, 6.45) is 2.49. The first-order valence-corrected chi connectivity index (χ1v) is 11.2. The zero-order valence-corrected chi connectivity index (χ0v) is 19.6. The minimum atomic E-state index is -0.427. The SMILES string of the molecule is Cc1c(CCO)sc(-c2scc[n+]2CC(=O)C(C)(C)C)[n+]1CC(=O)C(C)(C)C. The summed E-state index contributed by atoms with van der Waals surface area (Å²) >= 11 is 3.17. The van der Waals surface area contributed by atoms with Gasteiger partial charge in [0.05, 0.1) is 10.3 Å². The maximum Gasteiger partial charge on any atom is 0.346 e. The van der Waals surface area contributed by atoms with Crippen LogP contribution in [0.5, 0.6) is 0 Å². The summed E-state index contributed by atoms with van der Waals surface area (Å²) < 4.78 is 4.03. The van der Waals surface area contributed by atoms with Gasteiger partial charge in [0, 0.05) is 30.8 Å². The van der Waals surface area contributed by atoms with Gasteiger partial charge in [0.1, 0.15) is 0 Å². The van der Waals surface area contributed by atoms with E-state index in [1.54, 1.807) is 22.7 Å². The molecule has 0 fully saturated rings. The van der Waals surface area contributed by atoms with Crippen LogP contribution in [0, 0.1) is 17.8 Å². The van der Waals surface area contributed by atoms with Crippen LogP contribution in [0.15, 0.2) is 11.6 Å². The topological polar surface area (TPSA) is 62.1 Å². The van der Waals surface area contributed by atoms with Gasteiger partial charge in [0.25, 0.3) is 0 Å². The maximum atomic E-state index is 12.7. The third-order valence-corrected chi connectivity index (χ3v) is 7.16. The lowest BCUT2D eigenvalue weighted by Crippen LogP contribution is -2.47. The molecule has 0 bridgehead atoms. The van der Waals surface area contributed by atoms with E-state index in [4.69, 9.17) is 0 Å². The van der Waals surface area contributed by atoms with Crippen molar-refractivity contribution in [3.05, 3.63) is 22.1 Å². The molecular formula is C21H32N2O3S2+2. The molecule has 0 atom stereocenters. The van der Waals surface area contributed by atoms with Crippen molar-refractivity contribution >= 4 is 34.2 Å². The standard InChI is InChI=1S/C21H32N2O3S2/c1-14-15(8-10-24)28-19(23(14)13-17(26)21(5,6)7)18-22(9-11-27-18)12-16(25)20(2,3)4/h9,11,24H,8,10,12-13H2,1-7H3/q+2. The molecule has 2 aromatic rings. The number of Topliss-reactive ketones (excluding diaryl/α,β-unsaturated/α-hetero) is 2. The van der Waals surface area contributed by atoms with Crippen LogP contribution in [0.4, 0.5) is 0 Å². The number of aliphatic hydroxyl groups excluding tert-OH is 1. The molecule has 0 amide bonds. The predicted octanol–water partition coefficient (Wildman–Crippen LogP) is 3.13. The zero-order chi connectivity index (χ0) is 21.3. The molecule has 0 aliphatic carbocycles. The van der Waals surface area contributed by atoms with Gasteiger partial charge >= 0.3 is 10.0 Å². The van der Waals surface area contributed by atoms with Crippen LogP contribution in [0.3, 0.4) is 0 Å². The number of nitrogens with zero attached hydrogens (tertiary/aromatic N) is 2. The summed E-state index contributed by atoms with van der Waals surface area (Å²) in [6.45, 7) is 14.2. The third kappa shape index (κ3) is 5.13. The first kappa shape index (κ1) is 22.8. The summed E-state index contributed by atoms with van der Waals surface area (Å²) in [6, 6.07) is 0. The van der Waals surface area contributed by atoms with Crippen LogP contribution in [0.25, 0.3) is 10.0 Å². The van der Waals surface area contributed by atoms with Gasteiger partial charge in [-0.05, 0) is 0 Å². The normalized spacial score (nSPS) is 12.4. The van der Waals surface area contributed by atoms with Crippen LogP contribution in [0.1, 0.15) is 52.1 Å². The molecule has 0 aliphatic rings. The van der Waals surface area contributed by atoms with E-state index in [9.17, 15) is 14.7 Å². The predicted molar refractivity (Wildman–Crippen MR) is 112 cm³/mol. The van der Waals surface area contributed by atoms with Gasteiger partial charge in [-0.2, -0.15) is 9.13 Å². The Morgan fingerprint density at radius 2 is 1.57 bits per heavy atom. The van der Waals surface area contributed by atoms with Gasteiger partial charge in [0.15, 0.2) is 11.9 Å².